The van der Waals surface area contributed by atoms with Gasteiger partial charge in [0.15, 0.2) is 5.43 Å². The predicted octanol–water partition coefficient (Wildman–Crippen LogP) is 2.69. The molecule has 0 spiro atoms. The molecule has 1 aliphatic rings. The fraction of sp³-hybridized carbons (Fsp3) is 0.125. The van der Waals surface area contributed by atoms with Crippen LogP contribution in [0.1, 0.15) is 11.3 Å². The summed E-state index contributed by atoms with van der Waals surface area (Å²) in [5.41, 5.74) is 5.01. The zero-order valence-electron chi connectivity index (χ0n) is 10.3. The van der Waals surface area contributed by atoms with Crippen LogP contribution in [0.3, 0.4) is 0 Å². The lowest BCUT2D eigenvalue weighted by molar-refractivity contribution is 0.882. The van der Waals surface area contributed by atoms with Gasteiger partial charge in [-0.25, -0.2) is 0 Å². The number of rotatable bonds is 0. The highest BCUT2D eigenvalue weighted by atomic mass is 16.1. The number of aromatic nitrogens is 2. The quantitative estimate of drug-likeness (QED) is 0.664. The Morgan fingerprint density at radius 1 is 1.05 bits per heavy atom. The minimum absolute atomic E-state index is 0.152. The summed E-state index contributed by atoms with van der Waals surface area (Å²) in [7, 11) is 0. The summed E-state index contributed by atoms with van der Waals surface area (Å²) in [6.45, 7) is 0. The van der Waals surface area contributed by atoms with Gasteiger partial charge in [0.2, 0.25) is 0 Å². The molecule has 0 fully saturated rings. The van der Waals surface area contributed by atoms with Gasteiger partial charge in [-0.2, -0.15) is 0 Å². The highest BCUT2D eigenvalue weighted by Crippen LogP contribution is 2.30. The van der Waals surface area contributed by atoms with Gasteiger partial charge in [-0.05, 0) is 37.1 Å². The molecule has 3 nitrogen and oxygen atoms in total. The van der Waals surface area contributed by atoms with Gasteiger partial charge in [-0.1, -0.05) is 12.1 Å². The van der Waals surface area contributed by atoms with E-state index in [2.05, 4.69) is 9.97 Å². The normalized spacial score (nSPS) is 13.1. The van der Waals surface area contributed by atoms with E-state index in [1.807, 2.05) is 42.6 Å². The van der Waals surface area contributed by atoms with Crippen molar-refractivity contribution in [2.75, 3.05) is 0 Å². The minimum atomic E-state index is 0.152. The maximum atomic E-state index is 12.5. The summed E-state index contributed by atoms with van der Waals surface area (Å²) < 4.78 is 0. The molecular weight excluding hydrogens is 236 g/mol. The first-order valence-electron chi connectivity index (χ1n) is 6.43. The van der Waals surface area contributed by atoms with Gasteiger partial charge in [-0.15, -0.1) is 0 Å². The lowest BCUT2D eigenvalue weighted by Crippen LogP contribution is -2.18. The number of fused-ring (bicyclic) bond motifs is 4. The SMILES string of the molecule is O=c1c2c([nH]c3ccccc13)-c1cccnc1CC2. The van der Waals surface area contributed by atoms with Crippen molar-refractivity contribution in [3.63, 3.8) is 0 Å². The van der Waals surface area contributed by atoms with E-state index < -0.39 is 0 Å². The first kappa shape index (κ1) is 10.5. The molecule has 0 saturated heterocycles. The monoisotopic (exact) mass is 248 g/mol. The van der Waals surface area contributed by atoms with E-state index in [9.17, 15) is 4.79 Å². The second-order valence-corrected chi connectivity index (χ2v) is 4.85. The third-order valence-electron chi connectivity index (χ3n) is 3.78. The maximum absolute atomic E-state index is 12.5. The van der Waals surface area contributed by atoms with Crippen molar-refractivity contribution < 1.29 is 0 Å². The van der Waals surface area contributed by atoms with E-state index in [1.165, 1.54) is 0 Å². The Balaban J connectivity index is 2.15. The van der Waals surface area contributed by atoms with E-state index in [-0.39, 0.29) is 5.43 Å². The summed E-state index contributed by atoms with van der Waals surface area (Å²) in [5.74, 6) is 0. The minimum Gasteiger partial charge on any atom is -0.354 e. The molecule has 2 aromatic heterocycles. The van der Waals surface area contributed by atoms with E-state index >= 15 is 0 Å². The van der Waals surface area contributed by atoms with Crippen LogP contribution in [0.25, 0.3) is 22.2 Å². The van der Waals surface area contributed by atoms with Gasteiger partial charge in [-0.3, -0.25) is 9.78 Å². The van der Waals surface area contributed by atoms with E-state index in [1.54, 1.807) is 0 Å². The molecule has 1 aromatic carbocycles. The Labute approximate surface area is 109 Å². The van der Waals surface area contributed by atoms with E-state index in [0.29, 0.717) is 0 Å². The molecular formula is C16H12N2O. The molecule has 0 amide bonds. The molecule has 0 bridgehead atoms. The number of hydrogen-bond acceptors (Lipinski definition) is 2. The number of aromatic amines is 1. The average molecular weight is 248 g/mol. The van der Waals surface area contributed by atoms with Crippen LogP contribution in [0.5, 0.6) is 0 Å². The number of hydrogen-bond donors (Lipinski definition) is 1. The highest BCUT2D eigenvalue weighted by Gasteiger charge is 2.20. The van der Waals surface area contributed by atoms with Crippen LogP contribution in [0.4, 0.5) is 0 Å². The Morgan fingerprint density at radius 2 is 1.95 bits per heavy atom. The molecule has 1 N–H and O–H groups in total. The van der Waals surface area contributed by atoms with Crippen molar-refractivity contribution in [2.45, 2.75) is 12.8 Å². The van der Waals surface area contributed by atoms with Crippen molar-refractivity contribution in [3.8, 4) is 11.3 Å². The summed E-state index contributed by atoms with van der Waals surface area (Å²) in [5, 5.41) is 0.772. The van der Waals surface area contributed by atoms with Gasteiger partial charge in [0.1, 0.15) is 0 Å². The molecule has 0 atom stereocenters. The Kier molecular flexibility index (Phi) is 2.09. The molecule has 0 aliphatic heterocycles. The Hall–Kier alpha value is -2.42. The van der Waals surface area contributed by atoms with Gasteiger partial charge < -0.3 is 4.98 Å². The fourth-order valence-electron chi connectivity index (χ4n) is 2.85. The maximum Gasteiger partial charge on any atom is 0.193 e. The van der Waals surface area contributed by atoms with E-state index in [0.717, 1.165) is 46.3 Å². The predicted molar refractivity (Wildman–Crippen MR) is 75.2 cm³/mol. The van der Waals surface area contributed by atoms with Crippen LogP contribution in [0.2, 0.25) is 0 Å². The van der Waals surface area contributed by atoms with Gasteiger partial charge >= 0.3 is 0 Å². The van der Waals surface area contributed by atoms with Crippen molar-refractivity contribution in [3.05, 3.63) is 64.1 Å². The van der Waals surface area contributed by atoms with Crippen LogP contribution in [-0.2, 0) is 12.8 Å². The van der Waals surface area contributed by atoms with Crippen LogP contribution >= 0.6 is 0 Å². The summed E-state index contributed by atoms with van der Waals surface area (Å²) >= 11 is 0. The van der Waals surface area contributed by atoms with Crippen molar-refractivity contribution in [2.24, 2.45) is 0 Å². The number of nitrogens with zero attached hydrogens (tertiary/aromatic N) is 1. The number of H-pyrrole nitrogens is 1. The standard InChI is InChI=1S/C16H12N2O/c19-16-11-4-1-2-6-14(11)18-15-10-5-3-9-17-13(10)8-7-12(15)16/h1-6,9H,7-8H2,(H,18,19). The molecule has 0 unspecified atom stereocenters. The zero-order valence-corrected chi connectivity index (χ0v) is 10.3. The first-order chi connectivity index (χ1) is 9.34. The Bertz CT molecular complexity index is 849. The van der Waals surface area contributed by atoms with Gasteiger partial charge in [0.25, 0.3) is 0 Å². The molecule has 3 aromatic rings. The molecule has 92 valence electrons. The second kappa shape index (κ2) is 3.79. The lowest BCUT2D eigenvalue weighted by atomic mass is 9.91. The molecule has 2 heterocycles. The average Bonchev–Trinajstić information content (AvgIpc) is 2.47. The van der Waals surface area contributed by atoms with Crippen LogP contribution < -0.4 is 5.43 Å². The number of para-hydroxylation sites is 1. The molecule has 0 saturated carbocycles. The topological polar surface area (TPSA) is 45.8 Å². The Morgan fingerprint density at radius 3 is 2.89 bits per heavy atom. The molecule has 4 rings (SSSR count). The summed E-state index contributed by atoms with van der Waals surface area (Å²) in [6, 6.07) is 11.6. The number of benzene rings is 1. The fourth-order valence-corrected chi connectivity index (χ4v) is 2.85. The highest BCUT2D eigenvalue weighted by molar-refractivity contribution is 5.84. The van der Waals surface area contributed by atoms with Gasteiger partial charge in [0, 0.05) is 33.9 Å². The van der Waals surface area contributed by atoms with Gasteiger partial charge in [0.05, 0.1) is 5.69 Å². The second-order valence-electron chi connectivity index (χ2n) is 4.85. The van der Waals surface area contributed by atoms with Crippen molar-refractivity contribution in [1.29, 1.82) is 0 Å². The zero-order chi connectivity index (χ0) is 12.8. The summed E-state index contributed by atoms with van der Waals surface area (Å²) in [4.78, 5) is 20.4. The molecule has 1 aliphatic carbocycles. The first-order valence-corrected chi connectivity index (χ1v) is 6.43. The number of nitrogens with one attached hydrogen (secondary N) is 1. The number of pyridine rings is 2. The van der Waals surface area contributed by atoms with Crippen LogP contribution in [0.15, 0.2) is 47.4 Å². The summed E-state index contributed by atoms with van der Waals surface area (Å²) in [6.07, 6.45) is 3.41. The van der Waals surface area contributed by atoms with Crippen molar-refractivity contribution in [1.82, 2.24) is 9.97 Å². The van der Waals surface area contributed by atoms with E-state index in [4.69, 9.17) is 0 Å². The third-order valence-corrected chi connectivity index (χ3v) is 3.78. The van der Waals surface area contributed by atoms with Crippen LogP contribution in [0, 0.1) is 0 Å². The smallest absolute Gasteiger partial charge is 0.193 e. The molecule has 3 heteroatoms. The third kappa shape index (κ3) is 1.45. The van der Waals surface area contributed by atoms with Crippen LogP contribution in [-0.4, -0.2) is 9.97 Å². The molecule has 0 radical (unpaired) electrons. The number of aryl methyl sites for hydroxylation is 1. The molecule has 19 heavy (non-hydrogen) atoms. The lowest BCUT2D eigenvalue weighted by Gasteiger charge is -2.18. The van der Waals surface area contributed by atoms with Crippen molar-refractivity contribution >= 4 is 10.9 Å². The largest absolute Gasteiger partial charge is 0.354 e.